The van der Waals surface area contributed by atoms with Crippen LogP contribution in [0.3, 0.4) is 0 Å². The van der Waals surface area contributed by atoms with E-state index in [0.29, 0.717) is 0 Å². The molecule has 0 radical (unpaired) electrons. The van der Waals surface area contributed by atoms with Crippen LogP contribution in [0.2, 0.25) is 0 Å². The molecule has 1 aromatic carbocycles. The van der Waals surface area contributed by atoms with Crippen LogP contribution in [0.15, 0.2) is 36.8 Å². The summed E-state index contributed by atoms with van der Waals surface area (Å²) in [5.74, 6) is 0.744. The van der Waals surface area contributed by atoms with Gasteiger partial charge in [-0.2, -0.15) is 0 Å². The first kappa shape index (κ1) is 11.0. The molecule has 0 spiro atoms. The average Bonchev–Trinajstić information content (AvgIpc) is 2.75. The molecular weight excluding hydrogens is 222 g/mol. The van der Waals surface area contributed by atoms with Gasteiger partial charge in [0.25, 0.3) is 0 Å². The first-order valence-electron chi connectivity index (χ1n) is 6.02. The number of benzene rings is 1. The predicted molar refractivity (Wildman–Crippen MR) is 72.6 cm³/mol. The van der Waals surface area contributed by atoms with Gasteiger partial charge >= 0.3 is 0 Å². The molecule has 2 aromatic heterocycles. The van der Waals surface area contributed by atoms with Crippen molar-refractivity contribution in [1.29, 1.82) is 0 Å². The van der Waals surface area contributed by atoms with Gasteiger partial charge in [0.05, 0.1) is 5.69 Å². The topological polar surface area (TPSA) is 30.2 Å². The van der Waals surface area contributed by atoms with Gasteiger partial charge in [0.1, 0.15) is 0 Å². The fourth-order valence-electron chi connectivity index (χ4n) is 2.03. The average molecular weight is 237 g/mol. The van der Waals surface area contributed by atoms with Crippen LogP contribution >= 0.6 is 0 Å². The van der Waals surface area contributed by atoms with Crippen molar-refractivity contribution in [2.75, 3.05) is 0 Å². The summed E-state index contributed by atoms with van der Waals surface area (Å²) in [6.07, 6.45) is 5.91. The highest BCUT2D eigenvalue weighted by molar-refractivity contribution is 5.62. The van der Waals surface area contributed by atoms with E-state index in [0.717, 1.165) is 22.6 Å². The third kappa shape index (κ3) is 1.78. The number of fused-ring (bicyclic) bond motifs is 1. The lowest BCUT2D eigenvalue weighted by Crippen LogP contribution is -1.87. The second kappa shape index (κ2) is 3.95. The Kier molecular flexibility index (Phi) is 2.40. The molecule has 0 aliphatic carbocycles. The van der Waals surface area contributed by atoms with Crippen molar-refractivity contribution in [1.82, 2.24) is 14.4 Å². The molecule has 90 valence electrons. The minimum atomic E-state index is 0.744. The molecule has 2 heterocycles. The fourth-order valence-corrected chi connectivity index (χ4v) is 2.03. The summed E-state index contributed by atoms with van der Waals surface area (Å²) in [6, 6.07) is 6.41. The van der Waals surface area contributed by atoms with E-state index >= 15 is 0 Å². The molecule has 3 rings (SSSR count). The lowest BCUT2D eigenvalue weighted by atomic mass is 10.1. The molecule has 0 amide bonds. The molecule has 3 nitrogen and oxygen atoms in total. The Labute approximate surface area is 106 Å². The van der Waals surface area contributed by atoms with Gasteiger partial charge in [0.2, 0.25) is 5.78 Å². The first-order chi connectivity index (χ1) is 8.63. The van der Waals surface area contributed by atoms with Gasteiger partial charge in [-0.05, 0) is 43.5 Å². The van der Waals surface area contributed by atoms with Crippen molar-refractivity contribution in [3.63, 3.8) is 0 Å². The summed E-state index contributed by atoms with van der Waals surface area (Å²) < 4.78 is 1.97. The number of nitrogens with zero attached hydrogens (tertiary/aromatic N) is 3. The molecular formula is C15H15N3. The number of hydrogen-bond donors (Lipinski definition) is 0. The van der Waals surface area contributed by atoms with Crippen LogP contribution in [0.1, 0.15) is 16.7 Å². The Morgan fingerprint density at radius 1 is 1.00 bits per heavy atom. The highest BCUT2D eigenvalue weighted by Crippen LogP contribution is 2.21. The van der Waals surface area contributed by atoms with Gasteiger partial charge in [-0.25, -0.2) is 9.97 Å². The van der Waals surface area contributed by atoms with E-state index in [-0.39, 0.29) is 0 Å². The molecule has 0 aliphatic rings. The Morgan fingerprint density at radius 3 is 2.61 bits per heavy atom. The molecule has 0 bridgehead atoms. The van der Waals surface area contributed by atoms with Gasteiger partial charge in [-0.15, -0.1) is 0 Å². The lowest BCUT2D eigenvalue weighted by Gasteiger charge is -2.01. The molecule has 3 aromatic rings. The van der Waals surface area contributed by atoms with Crippen molar-refractivity contribution in [2.45, 2.75) is 20.8 Å². The molecule has 0 aliphatic heterocycles. The SMILES string of the molecule is Cc1cnc2nc(-c3ccc(C)c(C)c3)cn2c1. The van der Waals surface area contributed by atoms with Crippen LogP contribution < -0.4 is 0 Å². The van der Waals surface area contributed by atoms with Crippen LogP contribution in [0, 0.1) is 20.8 Å². The van der Waals surface area contributed by atoms with Crippen molar-refractivity contribution >= 4 is 5.78 Å². The predicted octanol–water partition coefficient (Wildman–Crippen LogP) is 3.32. The quantitative estimate of drug-likeness (QED) is 0.650. The molecule has 0 fully saturated rings. The third-order valence-electron chi connectivity index (χ3n) is 3.24. The Bertz CT molecular complexity index is 726. The van der Waals surface area contributed by atoms with E-state index in [1.165, 1.54) is 11.1 Å². The largest absolute Gasteiger partial charge is 0.290 e. The lowest BCUT2D eigenvalue weighted by molar-refractivity contribution is 1.08. The van der Waals surface area contributed by atoms with Crippen molar-refractivity contribution in [3.05, 3.63) is 53.5 Å². The fraction of sp³-hybridized carbons (Fsp3) is 0.200. The molecule has 0 saturated heterocycles. The van der Waals surface area contributed by atoms with Gasteiger partial charge in [-0.1, -0.05) is 12.1 Å². The van der Waals surface area contributed by atoms with Crippen LogP contribution in [0.25, 0.3) is 17.0 Å². The van der Waals surface area contributed by atoms with E-state index in [1.54, 1.807) is 0 Å². The monoisotopic (exact) mass is 237 g/mol. The van der Waals surface area contributed by atoms with Crippen molar-refractivity contribution in [3.8, 4) is 11.3 Å². The summed E-state index contributed by atoms with van der Waals surface area (Å²) in [7, 11) is 0. The third-order valence-corrected chi connectivity index (χ3v) is 3.24. The van der Waals surface area contributed by atoms with Gasteiger partial charge in [-0.3, -0.25) is 4.40 Å². The summed E-state index contributed by atoms with van der Waals surface area (Å²) in [5, 5.41) is 0. The molecule has 0 atom stereocenters. The number of rotatable bonds is 1. The minimum Gasteiger partial charge on any atom is -0.290 e. The zero-order chi connectivity index (χ0) is 12.7. The second-order valence-electron chi connectivity index (χ2n) is 4.76. The van der Waals surface area contributed by atoms with E-state index < -0.39 is 0 Å². The van der Waals surface area contributed by atoms with Crippen molar-refractivity contribution in [2.24, 2.45) is 0 Å². The van der Waals surface area contributed by atoms with Crippen LogP contribution in [0.5, 0.6) is 0 Å². The molecule has 3 heteroatoms. The number of aromatic nitrogens is 3. The highest BCUT2D eigenvalue weighted by atomic mass is 15.1. The standard InChI is InChI=1S/C15H15N3/c1-10-7-16-15-17-14(9-18(15)8-10)13-5-4-11(2)12(3)6-13/h4-9H,1-3H3. The Morgan fingerprint density at radius 2 is 1.83 bits per heavy atom. The Balaban J connectivity index is 2.16. The van der Waals surface area contributed by atoms with Crippen LogP contribution in [-0.2, 0) is 0 Å². The van der Waals surface area contributed by atoms with E-state index in [4.69, 9.17) is 0 Å². The summed E-state index contributed by atoms with van der Waals surface area (Å²) in [5.41, 5.74) is 5.83. The van der Waals surface area contributed by atoms with Gasteiger partial charge in [0.15, 0.2) is 0 Å². The molecule has 18 heavy (non-hydrogen) atoms. The maximum absolute atomic E-state index is 4.55. The number of imidazole rings is 1. The zero-order valence-corrected chi connectivity index (χ0v) is 10.8. The van der Waals surface area contributed by atoms with Gasteiger partial charge in [0, 0.05) is 24.2 Å². The van der Waals surface area contributed by atoms with Crippen LogP contribution in [-0.4, -0.2) is 14.4 Å². The number of hydrogen-bond acceptors (Lipinski definition) is 2. The van der Waals surface area contributed by atoms with Crippen LogP contribution in [0.4, 0.5) is 0 Å². The smallest absolute Gasteiger partial charge is 0.234 e. The normalized spacial score (nSPS) is 11.1. The minimum absolute atomic E-state index is 0.744. The van der Waals surface area contributed by atoms with E-state index in [2.05, 4.69) is 42.0 Å². The highest BCUT2D eigenvalue weighted by Gasteiger charge is 2.06. The molecule has 0 saturated carbocycles. The van der Waals surface area contributed by atoms with E-state index in [9.17, 15) is 0 Å². The number of aryl methyl sites for hydroxylation is 3. The maximum atomic E-state index is 4.55. The Hall–Kier alpha value is -2.16. The zero-order valence-electron chi connectivity index (χ0n) is 10.8. The van der Waals surface area contributed by atoms with E-state index in [1.807, 2.05) is 29.9 Å². The first-order valence-corrected chi connectivity index (χ1v) is 6.02. The molecule has 0 N–H and O–H groups in total. The van der Waals surface area contributed by atoms with Crippen molar-refractivity contribution < 1.29 is 0 Å². The molecule has 0 unspecified atom stereocenters. The summed E-state index contributed by atoms with van der Waals surface area (Å²) in [6.45, 7) is 6.27. The summed E-state index contributed by atoms with van der Waals surface area (Å²) >= 11 is 0. The second-order valence-corrected chi connectivity index (χ2v) is 4.76. The van der Waals surface area contributed by atoms with Gasteiger partial charge < -0.3 is 0 Å². The summed E-state index contributed by atoms with van der Waals surface area (Å²) in [4.78, 5) is 8.87. The maximum Gasteiger partial charge on any atom is 0.234 e.